The number of sulfonamides is 1. The van der Waals surface area contributed by atoms with E-state index in [2.05, 4.69) is 6.58 Å². The van der Waals surface area contributed by atoms with E-state index in [4.69, 9.17) is 0 Å². The molecule has 2 heterocycles. The highest BCUT2D eigenvalue weighted by atomic mass is 32.2. The summed E-state index contributed by atoms with van der Waals surface area (Å²) >= 11 is 0. The number of rotatable bonds is 6. The first-order valence-electron chi connectivity index (χ1n) is 10.1. The van der Waals surface area contributed by atoms with Crippen molar-refractivity contribution in [3.63, 3.8) is 0 Å². The van der Waals surface area contributed by atoms with Gasteiger partial charge in [-0.05, 0) is 37.5 Å². The topological polar surface area (TPSA) is 91.8 Å². The van der Waals surface area contributed by atoms with Crippen molar-refractivity contribution in [1.29, 1.82) is 0 Å². The highest BCUT2D eigenvalue weighted by molar-refractivity contribution is 7.91. The molecule has 178 valence electrons. The highest BCUT2D eigenvalue weighted by Gasteiger charge is 2.39. The number of benzene rings is 1. The molecule has 12 heteroatoms. The third-order valence-electron chi connectivity index (χ3n) is 5.86. The van der Waals surface area contributed by atoms with Gasteiger partial charge in [0.1, 0.15) is 0 Å². The van der Waals surface area contributed by atoms with Crippen LogP contribution in [-0.2, 0) is 30.8 Å². The van der Waals surface area contributed by atoms with Crippen LogP contribution in [0.25, 0.3) is 0 Å². The van der Waals surface area contributed by atoms with Gasteiger partial charge < -0.3 is 4.90 Å². The standard InChI is InChI=1S/C20H25F3N2O5S2/c1-2-9-25(17-8-12-31(27,28)14-17)19(26)15-6-10-24(11-7-15)32(29,30)18-5-3-4-16(13-18)20(21,22)23/h2-5,13,15,17H,1,6-12,14H2. The predicted molar refractivity (Wildman–Crippen MR) is 112 cm³/mol. The molecule has 0 aliphatic carbocycles. The van der Waals surface area contributed by atoms with Crippen LogP contribution in [0.5, 0.6) is 0 Å². The third-order valence-corrected chi connectivity index (χ3v) is 9.51. The average molecular weight is 495 g/mol. The first-order valence-corrected chi connectivity index (χ1v) is 13.4. The Labute approximate surface area is 185 Å². The minimum absolute atomic E-state index is 0.0140. The Morgan fingerprint density at radius 2 is 1.88 bits per heavy atom. The summed E-state index contributed by atoms with van der Waals surface area (Å²) in [5.74, 6) is -0.823. The summed E-state index contributed by atoms with van der Waals surface area (Å²) in [6.07, 6.45) is -2.39. The maximum atomic E-state index is 13.1. The monoisotopic (exact) mass is 494 g/mol. The van der Waals surface area contributed by atoms with Crippen LogP contribution in [0.15, 0.2) is 41.8 Å². The van der Waals surface area contributed by atoms with Gasteiger partial charge in [0.25, 0.3) is 0 Å². The van der Waals surface area contributed by atoms with Gasteiger partial charge in [-0.15, -0.1) is 6.58 Å². The van der Waals surface area contributed by atoms with E-state index in [1.165, 1.54) is 11.0 Å². The van der Waals surface area contributed by atoms with Crippen molar-refractivity contribution in [2.45, 2.75) is 36.4 Å². The largest absolute Gasteiger partial charge is 0.416 e. The molecule has 1 unspecified atom stereocenters. The van der Waals surface area contributed by atoms with Gasteiger partial charge in [0.2, 0.25) is 15.9 Å². The molecule has 0 aromatic heterocycles. The minimum Gasteiger partial charge on any atom is -0.335 e. The van der Waals surface area contributed by atoms with Crippen molar-refractivity contribution in [3.05, 3.63) is 42.5 Å². The summed E-state index contributed by atoms with van der Waals surface area (Å²) in [5, 5.41) is 0. The number of amides is 1. The Morgan fingerprint density at radius 1 is 1.22 bits per heavy atom. The first kappa shape index (κ1) is 24.7. The molecule has 32 heavy (non-hydrogen) atoms. The second-order valence-corrected chi connectivity index (χ2v) is 12.2. The molecule has 2 saturated heterocycles. The Kier molecular flexibility index (Phi) is 7.06. The molecule has 2 aliphatic heterocycles. The second kappa shape index (κ2) is 9.14. The molecular formula is C20H25F3N2O5S2. The summed E-state index contributed by atoms with van der Waals surface area (Å²) in [4.78, 5) is 14.1. The van der Waals surface area contributed by atoms with Crippen molar-refractivity contribution in [1.82, 2.24) is 9.21 Å². The zero-order valence-corrected chi connectivity index (χ0v) is 18.9. The maximum Gasteiger partial charge on any atom is 0.416 e. The van der Waals surface area contributed by atoms with Gasteiger partial charge in [-0.2, -0.15) is 17.5 Å². The molecule has 1 amide bonds. The fourth-order valence-electron chi connectivity index (χ4n) is 4.14. The molecule has 0 bridgehead atoms. The maximum absolute atomic E-state index is 13.1. The van der Waals surface area contributed by atoms with Gasteiger partial charge in [-0.3, -0.25) is 4.79 Å². The van der Waals surface area contributed by atoms with E-state index >= 15 is 0 Å². The summed E-state index contributed by atoms with van der Waals surface area (Å²) < 4.78 is 89.3. The normalized spacial score (nSPS) is 22.5. The van der Waals surface area contributed by atoms with Crippen molar-refractivity contribution in [3.8, 4) is 0 Å². The number of hydrogen-bond donors (Lipinski definition) is 0. The molecule has 1 aromatic rings. The van der Waals surface area contributed by atoms with E-state index < -0.39 is 48.5 Å². The molecule has 0 saturated carbocycles. The third kappa shape index (κ3) is 5.34. The first-order chi connectivity index (χ1) is 14.8. The van der Waals surface area contributed by atoms with Crippen LogP contribution in [0.3, 0.4) is 0 Å². The quantitative estimate of drug-likeness (QED) is 0.566. The number of alkyl halides is 3. The number of nitrogens with zero attached hydrogens (tertiary/aromatic N) is 2. The Morgan fingerprint density at radius 3 is 2.41 bits per heavy atom. The molecule has 2 fully saturated rings. The summed E-state index contributed by atoms with van der Waals surface area (Å²) in [6, 6.07) is 3.15. The van der Waals surface area contributed by atoms with Gasteiger partial charge in [0.15, 0.2) is 9.84 Å². The van der Waals surface area contributed by atoms with Crippen molar-refractivity contribution < 1.29 is 34.8 Å². The van der Waals surface area contributed by atoms with Gasteiger partial charge in [-0.1, -0.05) is 12.1 Å². The summed E-state index contributed by atoms with van der Waals surface area (Å²) in [5.41, 5.74) is -1.05. The predicted octanol–water partition coefficient (Wildman–Crippen LogP) is 2.31. The average Bonchev–Trinajstić information content (AvgIpc) is 3.10. The summed E-state index contributed by atoms with van der Waals surface area (Å²) in [6.45, 7) is 3.80. The highest BCUT2D eigenvalue weighted by Crippen LogP contribution is 2.32. The van der Waals surface area contributed by atoms with E-state index in [1.807, 2.05) is 0 Å². The van der Waals surface area contributed by atoms with Gasteiger partial charge in [0, 0.05) is 31.6 Å². The zero-order valence-electron chi connectivity index (χ0n) is 17.3. The number of hydrogen-bond acceptors (Lipinski definition) is 5. The van der Waals surface area contributed by atoms with E-state index in [0.717, 1.165) is 22.5 Å². The van der Waals surface area contributed by atoms with Crippen LogP contribution in [0.2, 0.25) is 0 Å². The number of piperidine rings is 1. The Balaban J connectivity index is 1.70. The lowest BCUT2D eigenvalue weighted by Crippen LogP contribution is -2.48. The van der Waals surface area contributed by atoms with Crippen LogP contribution in [-0.4, -0.2) is 69.1 Å². The van der Waals surface area contributed by atoms with E-state index in [9.17, 15) is 34.8 Å². The van der Waals surface area contributed by atoms with Crippen molar-refractivity contribution >= 4 is 25.8 Å². The lowest BCUT2D eigenvalue weighted by molar-refractivity contribution is -0.138. The van der Waals surface area contributed by atoms with Crippen molar-refractivity contribution in [2.24, 2.45) is 5.92 Å². The lowest BCUT2D eigenvalue weighted by atomic mass is 9.95. The molecular weight excluding hydrogens is 469 g/mol. The summed E-state index contributed by atoms with van der Waals surface area (Å²) in [7, 11) is -7.33. The molecule has 0 radical (unpaired) electrons. The van der Waals surface area contributed by atoms with E-state index in [-0.39, 0.29) is 49.9 Å². The zero-order chi connectivity index (χ0) is 23.7. The van der Waals surface area contributed by atoms with Crippen LogP contribution in [0.4, 0.5) is 13.2 Å². The molecule has 0 N–H and O–H groups in total. The lowest BCUT2D eigenvalue weighted by Gasteiger charge is -2.35. The fourth-order valence-corrected chi connectivity index (χ4v) is 7.39. The van der Waals surface area contributed by atoms with Crippen molar-refractivity contribution in [2.75, 3.05) is 31.1 Å². The smallest absolute Gasteiger partial charge is 0.335 e. The van der Waals surface area contributed by atoms with Gasteiger partial charge in [0.05, 0.1) is 22.0 Å². The number of halogens is 3. The minimum atomic E-state index is -4.66. The molecule has 1 atom stereocenters. The van der Waals surface area contributed by atoms with Crippen LogP contribution < -0.4 is 0 Å². The van der Waals surface area contributed by atoms with Crippen LogP contribution in [0.1, 0.15) is 24.8 Å². The van der Waals surface area contributed by atoms with E-state index in [0.29, 0.717) is 12.5 Å². The van der Waals surface area contributed by atoms with Gasteiger partial charge in [-0.25, -0.2) is 16.8 Å². The van der Waals surface area contributed by atoms with Crippen LogP contribution in [0, 0.1) is 5.92 Å². The molecule has 7 nitrogen and oxygen atoms in total. The van der Waals surface area contributed by atoms with Gasteiger partial charge >= 0.3 is 6.18 Å². The molecule has 2 aliphatic rings. The van der Waals surface area contributed by atoms with Crippen LogP contribution >= 0.6 is 0 Å². The van der Waals surface area contributed by atoms with E-state index in [1.54, 1.807) is 0 Å². The Bertz CT molecular complexity index is 1080. The Hall–Kier alpha value is -1.92. The molecule has 0 spiro atoms. The number of carbonyl (C=O) groups excluding carboxylic acids is 1. The number of carbonyl (C=O) groups is 1. The second-order valence-electron chi connectivity index (χ2n) is 8.04. The number of sulfone groups is 1. The fraction of sp³-hybridized carbons (Fsp3) is 0.550. The molecule has 3 rings (SSSR count). The molecule has 1 aromatic carbocycles. The SMILES string of the molecule is C=CCN(C(=O)C1CCN(S(=O)(=O)c2cccc(C(F)(F)F)c2)CC1)C1CCS(=O)(=O)C1.